The predicted octanol–water partition coefficient (Wildman–Crippen LogP) is 8.77. The van der Waals surface area contributed by atoms with E-state index in [9.17, 15) is 24.0 Å². The van der Waals surface area contributed by atoms with Crippen LogP contribution >= 0.6 is 7.92 Å². The van der Waals surface area contributed by atoms with Gasteiger partial charge in [-0.25, -0.2) is 4.79 Å². The number of esters is 2. The normalized spacial score (nSPS) is 14.4. The number of Topliss-reactive ketones (excluding diaryl/α,β-unsaturated/α-hetero) is 1. The summed E-state index contributed by atoms with van der Waals surface area (Å²) in [4.78, 5) is 72.7. The molecule has 4 N–H and O–H groups in total. The molecule has 0 aliphatic heterocycles. The van der Waals surface area contributed by atoms with Crippen LogP contribution in [0.3, 0.4) is 0 Å². The summed E-state index contributed by atoms with van der Waals surface area (Å²) in [6, 6.07) is 24.6. The molecule has 0 radical (unpaired) electrons. The van der Waals surface area contributed by atoms with Crippen LogP contribution in [0.2, 0.25) is 0 Å². The summed E-state index contributed by atoms with van der Waals surface area (Å²) in [6.07, 6.45) is 2.53. The second-order valence-electron chi connectivity index (χ2n) is 17.8. The van der Waals surface area contributed by atoms with Gasteiger partial charge in [0.1, 0.15) is 18.8 Å². The zero-order valence-corrected chi connectivity index (χ0v) is 39.2. The van der Waals surface area contributed by atoms with E-state index in [2.05, 4.69) is 41.1 Å². The lowest BCUT2D eigenvalue weighted by atomic mass is 9.85. The number of hydrogen-bond donors (Lipinski definition) is 3. The summed E-state index contributed by atoms with van der Waals surface area (Å²) >= 11 is 0. The van der Waals surface area contributed by atoms with Gasteiger partial charge in [0.2, 0.25) is 5.91 Å². The average molecular weight is 885 g/mol. The molecule has 1 aliphatic rings. The molecule has 4 rings (SSSR count). The molecular formula is C50H69N4O8P. The number of rotatable bonds is 25. The van der Waals surface area contributed by atoms with E-state index in [0.717, 1.165) is 27.8 Å². The quantitative estimate of drug-likeness (QED) is 0.0188. The molecular weight excluding hydrogens is 816 g/mol. The first-order valence-corrected chi connectivity index (χ1v) is 24.8. The minimum atomic E-state index is -0.948. The smallest absolute Gasteiger partial charge is 0.407 e. The van der Waals surface area contributed by atoms with Crippen molar-refractivity contribution >= 4 is 43.5 Å². The molecule has 0 spiro atoms. The van der Waals surface area contributed by atoms with Crippen LogP contribution in [0.5, 0.6) is 0 Å². The Labute approximate surface area is 375 Å². The number of benzene rings is 3. The Kier molecular flexibility index (Phi) is 20.3. The van der Waals surface area contributed by atoms with E-state index in [0.29, 0.717) is 57.2 Å². The first kappa shape index (κ1) is 50.6. The van der Waals surface area contributed by atoms with Gasteiger partial charge in [0.15, 0.2) is 5.78 Å². The summed E-state index contributed by atoms with van der Waals surface area (Å²) < 4.78 is 17.0. The fourth-order valence-electron chi connectivity index (χ4n) is 7.71. The van der Waals surface area contributed by atoms with Gasteiger partial charge in [-0.3, -0.25) is 24.2 Å². The van der Waals surface area contributed by atoms with Gasteiger partial charge in [-0.15, -0.1) is 7.92 Å². The Hall–Kier alpha value is -5.09. The second kappa shape index (κ2) is 25.3. The van der Waals surface area contributed by atoms with Crippen molar-refractivity contribution in [2.75, 3.05) is 39.2 Å². The maximum atomic E-state index is 14.3. The monoisotopic (exact) mass is 884 g/mol. The van der Waals surface area contributed by atoms with Gasteiger partial charge in [0.25, 0.3) is 0 Å². The van der Waals surface area contributed by atoms with Crippen molar-refractivity contribution in [3.05, 3.63) is 95.6 Å². The Balaban J connectivity index is 1.50. The molecule has 63 heavy (non-hydrogen) atoms. The van der Waals surface area contributed by atoms with Crippen LogP contribution < -0.4 is 16.4 Å². The molecule has 0 heterocycles. The number of ketones is 1. The van der Waals surface area contributed by atoms with E-state index in [1.54, 1.807) is 20.8 Å². The van der Waals surface area contributed by atoms with Gasteiger partial charge in [0.05, 0.1) is 24.2 Å². The lowest BCUT2D eigenvalue weighted by molar-refractivity contribution is -0.153. The molecule has 0 aromatic heterocycles. The van der Waals surface area contributed by atoms with Crippen LogP contribution in [0.4, 0.5) is 4.79 Å². The molecule has 0 fully saturated rings. The summed E-state index contributed by atoms with van der Waals surface area (Å²) in [6.45, 7) is 14.4. The van der Waals surface area contributed by atoms with E-state index in [-0.39, 0.29) is 58.0 Å². The molecule has 342 valence electrons. The lowest BCUT2D eigenvalue weighted by Crippen LogP contribution is -2.45. The number of alkyl carbamates (subject to hydrolysis) is 1. The summed E-state index contributed by atoms with van der Waals surface area (Å²) in [5.41, 5.74) is 10.7. The summed E-state index contributed by atoms with van der Waals surface area (Å²) in [5.74, 6) is -3.05. The average Bonchev–Trinajstić information content (AvgIpc) is 3.56. The minimum absolute atomic E-state index is 0.0863. The highest BCUT2D eigenvalue weighted by atomic mass is 31.1. The van der Waals surface area contributed by atoms with Crippen LogP contribution in [-0.4, -0.2) is 86.4 Å². The van der Waals surface area contributed by atoms with E-state index < -0.39 is 47.4 Å². The van der Waals surface area contributed by atoms with Crippen molar-refractivity contribution in [3.8, 4) is 11.1 Å². The van der Waals surface area contributed by atoms with Crippen LogP contribution in [-0.2, 0) is 40.0 Å². The largest absolute Gasteiger partial charge is 0.465 e. The van der Waals surface area contributed by atoms with E-state index >= 15 is 0 Å². The molecule has 12 nitrogen and oxygen atoms in total. The molecule has 1 aliphatic carbocycles. The SMILES string of the molecule is CCC(C)[C@H](CC(=O)[C@@H](CCCN=C(N)CP(C)C)NC(=O)[C@@H](CCCCNC(=O)OC(C)(C)C)CC(=O)OCC1c2ccccc2-c2ccccc21)C(=O)OCc1ccccc1. The van der Waals surface area contributed by atoms with Gasteiger partial charge >= 0.3 is 18.0 Å². The number of amides is 2. The molecule has 3 aromatic carbocycles. The van der Waals surface area contributed by atoms with Crippen molar-refractivity contribution in [1.29, 1.82) is 0 Å². The highest BCUT2D eigenvalue weighted by Gasteiger charge is 2.34. The van der Waals surface area contributed by atoms with E-state index in [1.165, 1.54) is 0 Å². The third-order valence-electron chi connectivity index (χ3n) is 11.2. The molecule has 0 bridgehead atoms. The molecule has 3 aromatic rings. The third kappa shape index (κ3) is 16.9. The first-order valence-electron chi connectivity index (χ1n) is 22.3. The molecule has 0 saturated heterocycles. The number of nitrogens with zero attached hydrogens (tertiary/aromatic N) is 1. The van der Waals surface area contributed by atoms with Crippen LogP contribution in [0, 0.1) is 17.8 Å². The van der Waals surface area contributed by atoms with E-state index in [1.807, 2.05) is 80.6 Å². The maximum Gasteiger partial charge on any atom is 0.407 e. The molecule has 13 heteroatoms. The lowest BCUT2D eigenvalue weighted by Gasteiger charge is -2.25. The molecule has 1 unspecified atom stereocenters. The van der Waals surface area contributed by atoms with Crippen molar-refractivity contribution in [2.45, 2.75) is 110 Å². The number of nitrogens with two attached hydrogens (primary N) is 1. The summed E-state index contributed by atoms with van der Waals surface area (Å²) in [5, 5.41) is 5.74. The van der Waals surface area contributed by atoms with Crippen molar-refractivity contribution in [3.63, 3.8) is 0 Å². The first-order chi connectivity index (χ1) is 30.1. The standard InChI is InChI=1S/C50H69N4O8P/c1-8-34(2)41(48(58)61-31-35-19-10-9-11-20-35)30-44(55)43(26-18-28-52-45(51)33-63(6)7)54-47(57)36(21-16-17-27-53-49(59)62-50(3,4)5)29-46(56)60-32-42-39-24-14-12-22-37(39)38-23-13-15-25-40(38)42/h9-15,19-20,22-25,34,36,41-43H,8,16-18,21,26-33H2,1-7H3,(H2,51,52)(H,53,59)(H,54,57)/t34?,36-,41-,43+/m0/s1. The zero-order valence-electron chi connectivity index (χ0n) is 38.3. The van der Waals surface area contributed by atoms with Crippen LogP contribution in [0.15, 0.2) is 83.9 Å². The Morgan fingerprint density at radius 2 is 1.46 bits per heavy atom. The number of carbonyl (C=O) groups excluding carboxylic acids is 5. The van der Waals surface area contributed by atoms with Crippen molar-refractivity contribution in [1.82, 2.24) is 10.6 Å². The van der Waals surface area contributed by atoms with Crippen LogP contribution in [0.1, 0.15) is 109 Å². The number of fused-ring (bicyclic) bond motifs is 3. The highest BCUT2D eigenvalue weighted by molar-refractivity contribution is 7.57. The number of nitrogens with one attached hydrogen (secondary N) is 2. The highest BCUT2D eigenvalue weighted by Crippen LogP contribution is 2.44. The van der Waals surface area contributed by atoms with Gasteiger partial charge in [-0.2, -0.15) is 0 Å². The Morgan fingerprint density at radius 1 is 0.825 bits per heavy atom. The van der Waals surface area contributed by atoms with Crippen molar-refractivity contribution < 1.29 is 38.2 Å². The number of unbranched alkanes of at least 4 members (excludes halogenated alkanes) is 1. The Bertz CT molecular complexity index is 1950. The minimum Gasteiger partial charge on any atom is -0.465 e. The van der Waals surface area contributed by atoms with Gasteiger partial charge in [-0.05, 0) is 93.5 Å². The number of carbonyl (C=O) groups is 5. The van der Waals surface area contributed by atoms with Gasteiger partial charge in [-0.1, -0.05) is 106 Å². The van der Waals surface area contributed by atoms with Gasteiger partial charge in [0, 0.05) is 37.5 Å². The molecule has 0 saturated carbocycles. The third-order valence-corrected chi connectivity index (χ3v) is 12.2. The zero-order chi connectivity index (χ0) is 45.9. The second-order valence-corrected chi connectivity index (χ2v) is 20.3. The topological polar surface area (TPSA) is 175 Å². The molecule has 2 amide bonds. The fraction of sp³-hybridized carbons (Fsp3) is 0.520. The Morgan fingerprint density at radius 3 is 2.08 bits per heavy atom. The van der Waals surface area contributed by atoms with Crippen LogP contribution in [0.25, 0.3) is 11.1 Å². The molecule has 4 atom stereocenters. The number of ether oxygens (including phenoxy) is 3. The predicted molar refractivity (Wildman–Crippen MR) is 251 cm³/mol. The summed E-state index contributed by atoms with van der Waals surface area (Å²) in [7, 11) is -0.274. The van der Waals surface area contributed by atoms with E-state index in [4.69, 9.17) is 19.9 Å². The van der Waals surface area contributed by atoms with Gasteiger partial charge < -0.3 is 30.6 Å². The van der Waals surface area contributed by atoms with Crippen molar-refractivity contribution in [2.24, 2.45) is 28.5 Å². The number of hydrogen-bond acceptors (Lipinski definition) is 9. The number of amidine groups is 1. The maximum absolute atomic E-state index is 14.3. The number of aliphatic imine (C=N–C) groups is 1. The fourth-order valence-corrected chi connectivity index (χ4v) is 8.46.